The number of aromatic nitrogens is 2. The minimum atomic E-state index is -4.60. The number of alkyl halides is 3. The molecule has 0 fully saturated rings. The molecule has 20 heavy (non-hydrogen) atoms. The number of anilines is 1. The van der Waals surface area contributed by atoms with Crippen molar-refractivity contribution in [1.82, 2.24) is 10.2 Å². The highest BCUT2D eigenvalue weighted by molar-refractivity contribution is 7.15. The van der Waals surface area contributed by atoms with Crippen molar-refractivity contribution in [3.05, 3.63) is 38.8 Å². The highest BCUT2D eigenvalue weighted by Crippen LogP contribution is 2.33. The molecule has 1 N–H and O–H groups in total. The number of nitrogens with zero attached hydrogens (tertiary/aromatic N) is 2. The molecule has 0 saturated carbocycles. The molecule has 1 heterocycles. The van der Waals surface area contributed by atoms with Crippen molar-refractivity contribution in [1.29, 1.82) is 0 Å². The van der Waals surface area contributed by atoms with Crippen LogP contribution in [0.4, 0.5) is 18.3 Å². The lowest BCUT2D eigenvalue weighted by atomic mass is 10.2. The van der Waals surface area contributed by atoms with E-state index in [-0.39, 0.29) is 27.1 Å². The molecule has 106 valence electrons. The maximum absolute atomic E-state index is 12.3. The summed E-state index contributed by atoms with van der Waals surface area (Å²) in [5, 5.41) is 7.38. The first-order valence-electron chi connectivity index (χ1n) is 4.94. The first-order valence-corrected chi connectivity index (χ1v) is 6.51. The number of hydrogen-bond donors (Lipinski definition) is 1. The van der Waals surface area contributed by atoms with Crippen molar-refractivity contribution in [2.24, 2.45) is 0 Å². The van der Waals surface area contributed by atoms with Gasteiger partial charge in [0.1, 0.15) is 0 Å². The topological polar surface area (TPSA) is 54.9 Å². The van der Waals surface area contributed by atoms with E-state index in [1.54, 1.807) is 0 Å². The van der Waals surface area contributed by atoms with Gasteiger partial charge in [0, 0.05) is 5.02 Å². The number of rotatable bonds is 2. The predicted molar refractivity (Wildman–Crippen MR) is 69.3 cm³/mol. The maximum atomic E-state index is 12.3. The van der Waals surface area contributed by atoms with E-state index in [4.69, 9.17) is 23.2 Å². The third-order valence-electron chi connectivity index (χ3n) is 2.06. The summed E-state index contributed by atoms with van der Waals surface area (Å²) in [6, 6.07) is 4.13. The molecule has 1 aromatic heterocycles. The third-order valence-corrected chi connectivity index (χ3v) is 3.50. The van der Waals surface area contributed by atoms with Gasteiger partial charge >= 0.3 is 6.18 Å². The first kappa shape index (κ1) is 15.0. The van der Waals surface area contributed by atoms with Gasteiger partial charge in [-0.1, -0.05) is 34.5 Å². The lowest BCUT2D eigenvalue weighted by Gasteiger charge is -2.03. The fourth-order valence-corrected chi connectivity index (χ4v) is 2.33. The van der Waals surface area contributed by atoms with Crippen LogP contribution >= 0.6 is 34.5 Å². The molecular weight excluding hydrogens is 338 g/mol. The summed E-state index contributed by atoms with van der Waals surface area (Å²) in [7, 11) is 0. The number of carbonyl (C=O) groups excluding carboxylic acids is 1. The third kappa shape index (κ3) is 3.38. The van der Waals surface area contributed by atoms with Gasteiger partial charge in [0.25, 0.3) is 5.91 Å². The maximum Gasteiger partial charge on any atom is 0.445 e. The molecule has 1 aromatic carbocycles. The Bertz CT molecular complexity index is 659. The Morgan fingerprint density at radius 1 is 1.25 bits per heavy atom. The number of halogens is 5. The Labute approximate surface area is 124 Å². The molecule has 0 aliphatic carbocycles. The SMILES string of the molecule is O=C(Nc1nnc(C(F)(F)F)s1)c1ccc(Cl)cc1Cl. The van der Waals surface area contributed by atoms with Gasteiger partial charge in [-0.3, -0.25) is 10.1 Å². The fourth-order valence-electron chi connectivity index (χ4n) is 1.23. The van der Waals surface area contributed by atoms with Gasteiger partial charge in [0.2, 0.25) is 10.1 Å². The van der Waals surface area contributed by atoms with Crippen LogP contribution < -0.4 is 5.32 Å². The Hall–Kier alpha value is -1.38. The van der Waals surface area contributed by atoms with Crippen LogP contribution in [0.2, 0.25) is 10.0 Å². The van der Waals surface area contributed by atoms with E-state index in [0.29, 0.717) is 5.02 Å². The second-order valence-corrected chi connectivity index (χ2v) is 5.31. The molecule has 2 rings (SSSR count). The van der Waals surface area contributed by atoms with Crippen molar-refractivity contribution >= 4 is 45.6 Å². The van der Waals surface area contributed by atoms with Gasteiger partial charge in [0.05, 0.1) is 10.6 Å². The van der Waals surface area contributed by atoms with Crippen molar-refractivity contribution in [3.63, 3.8) is 0 Å². The van der Waals surface area contributed by atoms with Crippen molar-refractivity contribution in [2.75, 3.05) is 5.32 Å². The molecule has 0 atom stereocenters. The number of nitrogens with one attached hydrogen (secondary N) is 1. The van der Waals surface area contributed by atoms with E-state index >= 15 is 0 Å². The molecule has 0 saturated heterocycles. The number of benzene rings is 1. The van der Waals surface area contributed by atoms with Crippen molar-refractivity contribution < 1.29 is 18.0 Å². The fraction of sp³-hybridized carbons (Fsp3) is 0.100. The van der Waals surface area contributed by atoms with Crippen LogP contribution in [0, 0.1) is 0 Å². The van der Waals surface area contributed by atoms with E-state index in [9.17, 15) is 18.0 Å². The lowest BCUT2D eigenvalue weighted by molar-refractivity contribution is -0.138. The highest BCUT2D eigenvalue weighted by atomic mass is 35.5. The molecule has 0 aliphatic heterocycles. The number of amides is 1. The average Bonchev–Trinajstić information content (AvgIpc) is 2.76. The standard InChI is InChI=1S/C10H4Cl2F3N3OS/c11-4-1-2-5(6(12)3-4)7(19)16-9-18-17-8(20-9)10(13,14)15/h1-3H,(H,16,18,19). The summed E-state index contributed by atoms with van der Waals surface area (Å²) < 4.78 is 37.0. The zero-order valence-electron chi connectivity index (χ0n) is 9.33. The Morgan fingerprint density at radius 3 is 2.50 bits per heavy atom. The second kappa shape index (κ2) is 5.55. The smallest absolute Gasteiger partial charge is 0.296 e. The van der Waals surface area contributed by atoms with E-state index in [1.165, 1.54) is 18.2 Å². The number of carbonyl (C=O) groups is 1. The molecule has 0 bridgehead atoms. The van der Waals surface area contributed by atoms with Crippen LogP contribution in [-0.2, 0) is 6.18 Å². The summed E-state index contributed by atoms with van der Waals surface area (Å²) in [5.74, 6) is -0.698. The zero-order valence-corrected chi connectivity index (χ0v) is 11.7. The van der Waals surface area contributed by atoms with Gasteiger partial charge in [0.15, 0.2) is 0 Å². The quantitative estimate of drug-likeness (QED) is 0.893. The largest absolute Gasteiger partial charge is 0.445 e. The van der Waals surface area contributed by atoms with E-state index in [0.717, 1.165) is 0 Å². The lowest BCUT2D eigenvalue weighted by Crippen LogP contribution is -2.12. The van der Waals surface area contributed by atoms with Crippen LogP contribution in [0.15, 0.2) is 18.2 Å². The summed E-state index contributed by atoms with van der Waals surface area (Å²) >= 11 is 11.7. The summed E-state index contributed by atoms with van der Waals surface area (Å²) in [6.07, 6.45) is -4.60. The monoisotopic (exact) mass is 341 g/mol. The normalized spacial score (nSPS) is 11.4. The van der Waals surface area contributed by atoms with E-state index < -0.39 is 17.1 Å². The molecule has 1 amide bonds. The van der Waals surface area contributed by atoms with Crippen molar-refractivity contribution in [2.45, 2.75) is 6.18 Å². The van der Waals surface area contributed by atoms with Gasteiger partial charge < -0.3 is 0 Å². The van der Waals surface area contributed by atoms with E-state index in [1.807, 2.05) is 0 Å². The van der Waals surface area contributed by atoms with Gasteiger partial charge in [-0.15, -0.1) is 10.2 Å². The minimum absolute atomic E-state index is 0.0693. The molecule has 0 unspecified atom stereocenters. The van der Waals surface area contributed by atoms with E-state index in [2.05, 4.69) is 15.5 Å². The molecule has 2 aromatic rings. The van der Waals surface area contributed by atoms with Gasteiger partial charge in [-0.25, -0.2) is 0 Å². The molecule has 10 heteroatoms. The molecule has 4 nitrogen and oxygen atoms in total. The van der Waals surface area contributed by atoms with Crippen LogP contribution in [0.3, 0.4) is 0 Å². The van der Waals surface area contributed by atoms with Crippen LogP contribution in [0.5, 0.6) is 0 Å². The Balaban J connectivity index is 2.17. The van der Waals surface area contributed by atoms with Crippen LogP contribution in [-0.4, -0.2) is 16.1 Å². The average molecular weight is 342 g/mol. The minimum Gasteiger partial charge on any atom is -0.296 e. The molecular formula is C10H4Cl2F3N3OS. The predicted octanol–water partition coefficient (Wildman–Crippen LogP) is 4.12. The summed E-state index contributed by atoms with van der Waals surface area (Å²) in [6.45, 7) is 0. The van der Waals surface area contributed by atoms with Crippen LogP contribution in [0.25, 0.3) is 0 Å². The Morgan fingerprint density at radius 2 is 1.95 bits per heavy atom. The first-order chi connectivity index (χ1) is 9.27. The second-order valence-electron chi connectivity index (χ2n) is 3.49. The van der Waals surface area contributed by atoms with Crippen molar-refractivity contribution in [3.8, 4) is 0 Å². The van der Waals surface area contributed by atoms with Crippen LogP contribution in [0.1, 0.15) is 15.4 Å². The molecule has 0 spiro atoms. The van der Waals surface area contributed by atoms with Gasteiger partial charge in [-0.05, 0) is 18.2 Å². The molecule has 0 aliphatic rings. The summed E-state index contributed by atoms with van der Waals surface area (Å²) in [4.78, 5) is 11.8. The zero-order chi connectivity index (χ0) is 14.9. The highest BCUT2D eigenvalue weighted by Gasteiger charge is 2.35. The number of hydrogen-bond acceptors (Lipinski definition) is 4. The molecule has 0 radical (unpaired) electrons. The van der Waals surface area contributed by atoms with Gasteiger partial charge in [-0.2, -0.15) is 13.2 Å². The Kier molecular flexibility index (Phi) is 4.17. The summed E-state index contributed by atoms with van der Waals surface area (Å²) in [5.41, 5.74) is 0.0693.